The monoisotopic (exact) mass is 698 g/mol. The quantitative estimate of drug-likeness (QED) is 0.161. The molecule has 1 aliphatic rings. The van der Waals surface area contributed by atoms with E-state index < -0.39 is 0 Å². The van der Waals surface area contributed by atoms with E-state index in [0.29, 0.717) is 0 Å². The SMILES string of the molecule is CC1(C)c2ccccc2-c2ccc(-c3ccc4c(c3)cc(-c3ccc5ccccc5c3)c3cc(-c5cc6ccccc6cc5-c5ccccc5)ccc34)cc21. The third kappa shape index (κ3) is 5.06. The summed E-state index contributed by atoms with van der Waals surface area (Å²) in [6.45, 7) is 4.72. The van der Waals surface area contributed by atoms with Crippen LogP contribution in [0.2, 0.25) is 0 Å². The van der Waals surface area contributed by atoms with Gasteiger partial charge < -0.3 is 0 Å². The first-order chi connectivity index (χ1) is 27.0. The normalized spacial score (nSPS) is 13.1. The molecule has 0 atom stereocenters. The zero-order chi connectivity index (χ0) is 36.7. The molecule has 0 radical (unpaired) electrons. The summed E-state index contributed by atoms with van der Waals surface area (Å²) in [6, 6.07) is 72.4. The summed E-state index contributed by atoms with van der Waals surface area (Å²) < 4.78 is 0. The average molecular weight is 699 g/mol. The Balaban J connectivity index is 1.13. The van der Waals surface area contributed by atoms with Gasteiger partial charge in [-0.15, -0.1) is 0 Å². The molecule has 11 rings (SSSR count). The molecular formula is C55H38. The van der Waals surface area contributed by atoms with Gasteiger partial charge >= 0.3 is 0 Å². The van der Waals surface area contributed by atoms with Crippen LogP contribution in [0.4, 0.5) is 0 Å². The molecule has 55 heavy (non-hydrogen) atoms. The fourth-order valence-electron chi connectivity index (χ4n) is 9.32. The number of fused-ring (bicyclic) bond motifs is 8. The Labute approximate surface area is 322 Å². The van der Waals surface area contributed by atoms with Crippen molar-refractivity contribution in [3.05, 3.63) is 205 Å². The van der Waals surface area contributed by atoms with Crippen molar-refractivity contribution in [2.24, 2.45) is 0 Å². The summed E-state index contributed by atoms with van der Waals surface area (Å²) in [5.74, 6) is 0. The maximum atomic E-state index is 2.43. The molecule has 0 fully saturated rings. The average Bonchev–Trinajstić information content (AvgIpc) is 3.47. The fraction of sp³-hybridized carbons (Fsp3) is 0.0545. The standard InChI is InChI=1S/C55H38/c1-55(2)53-19-11-10-18-47(53)48-27-23-41(34-54(48)55)40-22-25-45-44(29-40)33-51(42-21-20-35-12-6-7-15-37(35)28-42)52-32-43(24-26-46(45)52)50-31-39-17-9-8-16-38(39)30-49(50)36-13-4-3-5-14-36/h3-34H,1-2H3. The van der Waals surface area contributed by atoms with E-state index in [2.05, 4.69) is 208 Å². The zero-order valence-electron chi connectivity index (χ0n) is 31.0. The predicted molar refractivity (Wildman–Crippen MR) is 236 cm³/mol. The second-order valence-corrected chi connectivity index (χ2v) is 15.7. The smallest absolute Gasteiger partial charge is 0.0159 e. The van der Waals surface area contributed by atoms with Crippen LogP contribution in [0.5, 0.6) is 0 Å². The lowest BCUT2D eigenvalue weighted by Crippen LogP contribution is -2.14. The van der Waals surface area contributed by atoms with E-state index in [1.807, 2.05) is 0 Å². The van der Waals surface area contributed by atoms with Crippen LogP contribution >= 0.6 is 0 Å². The van der Waals surface area contributed by atoms with Gasteiger partial charge in [-0.3, -0.25) is 0 Å². The first kappa shape index (κ1) is 31.7. The van der Waals surface area contributed by atoms with Crippen molar-refractivity contribution >= 4 is 43.1 Å². The van der Waals surface area contributed by atoms with Gasteiger partial charge in [-0.25, -0.2) is 0 Å². The highest BCUT2D eigenvalue weighted by Gasteiger charge is 2.35. The molecule has 0 heteroatoms. The summed E-state index contributed by atoms with van der Waals surface area (Å²) in [5, 5.41) is 10.1. The van der Waals surface area contributed by atoms with Crippen LogP contribution in [0, 0.1) is 0 Å². The molecule has 10 aromatic rings. The van der Waals surface area contributed by atoms with Gasteiger partial charge in [0.1, 0.15) is 0 Å². The molecule has 0 aromatic heterocycles. The Hall–Kier alpha value is -6.76. The molecule has 0 saturated carbocycles. The summed E-state index contributed by atoms with van der Waals surface area (Å²) >= 11 is 0. The number of rotatable bonds is 4. The third-order valence-electron chi connectivity index (χ3n) is 12.2. The number of benzene rings is 10. The van der Waals surface area contributed by atoms with E-state index in [-0.39, 0.29) is 5.41 Å². The molecule has 0 saturated heterocycles. The lowest BCUT2D eigenvalue weighted by Gasteiger charge is -2.22. The minimum atomic E-state index is -0.0403. The van der Waals surface area contributed by atoms with Crippen LogP contribution < -0.4 is 0 Å². The van der Waals surface area contributed by atoms with E-state index in [0.717, 1.165) is 0 Å². The molecule has 0 spiro atoms. The highest BCUT2D eigenvalue weighted by molar-refractivity contribution is 6.16. The van der Waals surface area contributed by atoms with E-state index in [9.17, 15) is 0 Å². The molecular weight excluding hydrogens is 661 g/mol. The first-order valence-corrected chi connectivity index (χ1v) is 19.3. The van der Waals surface area contributed by atoms with E-state index >= 15 is 0 Å². The van der Waals surface area contributed by atoms with Gasteiger partial charge in [0, 0.05) is 5.41 Å². The molecule has 0 heterocycles. The van der Waals surface area contributed by atoms with Crippen LogP contribution in [0.1, 0.15) is 25.0 Å². The molecule has 0 N–H and O–H groups in total. The highest BCUT2D eigenvalue weighted by atomic mass is 14.4. The minimum Gasteiger partial charge on any atom is -0.0622 e. The summed E-state index contributed by atoms with van der Waals surface area (Å²) in [6.07, 6.45) is 0. The van der Waals surface area contributed by atoms with Crippen molar-refractivity contribution in [1.29, 1.82) is 0 Å². The van der Waals surface area contributed by atoms with Gasteiger partial charge in [0.05, 0.1) is 0 Å². The molecule has 0 aliphatic heterocycles. The van der Waals surface area contributed by atoms with Crippen molar-refractivity contribution in [3.63, 3.8) is 0 Å². The fourth-order valence-corrected chi connectivity index (χ4v) is 9.32. The van der Waals surface area contributed by atoms with Crippen LogP contribution in [0.15, 0.2) is 194 Å². The van der Waals surface area contributed by atoms with Crippen molar-refractivity contribution < 1.29 is 0 Å². The van der Waals surface area contributed by atoms with E-state index in [1.54, 1.807) is 0 Å². The molecule has 0 amide bonds. The largest absolute Gasteiger partial charge is 0.0622 e. The molecule has 0 bridgehead atoms. The first-order valence-electron chi connectivity index (χ1n) is 19.3. The van der Waals surface area contributed by atoms with Crippen LogP contribution in [0.3, 0.4) is 0 Å². The Morgan fingerprint density at radius 1 is 0.255 bits per heavy atom. The summed E-state index contributed by atoms with van der Waals surface area (Å²) in [5.41, 5.74) is 15.4. The van der Waals surface area contributed by atoms with Crippen molar-refractivity contribution in [2.75, 3.05) is 0 Å². The molecule has 1 aliphatic carbocycles. The second-order valence-electron chi connectivity index (χ2n) is 15.7. The number of hydrogen-bond acceptors (Lipinski definition) is 0. The Kier molecular flexibility index (Phi) is 7.00. The van der Waals surface area contributed by atoms with Gasteiger partial charge in [0.25, 0.3) is 0 Å². The van der Waals surface area contributed by atoms with Crippen LogP contribution in [-0.4, -0.2) is 0 Å². The van der Waals surface area contributed by atoms with Crippen LogP contribution in [0.25, 0.3) is 98.7 Å². The summed E-state index contributed by atoms with van der Waals surface area (Å²) in [7, 11) is 0. The second kappa shape index (κ2) is 12.1. The Bertz CT molecular complexity index is 3160. The molecule has 258 valence electrons. The molecule has 10 aromatic carbocycles. The van der Waals surface area contributed by atoms with Crippen molar-refractivity contribution in [3.8, 4) is 55.6 Å². The lowest BCUT2D eigenvalue weighted by atomic mass is 9.81. The highest BCUT2D eigenvalue weighted by Crippen LogP contribution is 2.50. The minimum absolute atomic E-state index is 0.0403. The third-order valence-corrected chi connectivity index (χ3v) is 12.2. The van der Waals surface area contributed by atoms with Crippen molar-refractivity contribution in [1.82, 2.24) is 0 Å². The Morgan fingerprint density at radius 2 is 0.782 bits per heavy atom. The maximum Gasteiger partial charge on any atom is 0.0159 e. The van der Waals surface area contributed by atoms with Crippen molar-refractivity contribution in [2.45, 2.75) is 19.3 Å². The summed E-state index contributed by atoms with van der Waals surface area (Å²) in [4.78, 5) is 0. The number of hydrogen-bond donors (Lipinski definition) is 0. The molecule has 0 unspecified atom stereocenters. The van der Waals surface area contributed by atoms with Gasteiger partial charge in [-0.2, -0.15) is 0 Å². The zero-order valence-corrected chi connectivity index (χ0v) is 31.0. The maximum absolute atomic E-state index is 2.43. The van der Waals surface area contributed by atoms with Gasteiger partial charge in [0.2, 0.25) is 0 Å². The van der Waals surface area contributed by atoms with Gasteiger partial charge in [-0.1, -0.05) is 166 Å². The van der Waals surface area contributed by atoms with Crippen LogP contribution in [-0.2, 0) is 5.41 Å². The van der Waals surface area contributed by atoms with E-state index in [4.69, 9.17) is 0 Å². The lowest BCUT2D eigenvalue weighted by molar-refractivity contribution is 0.660. The molecule has 0 nitrogen and oxygen atoms in total. The Morgan fingerprint density at radius 3 is 1.58 bits per heavy atom. The topological polar surface area (TPSA) is 0 Å². The van der Waals surface area contributed by atoms with Gasteiger partial charge in [-0.05, 0) is 152 Å². The predicted octanol–water partition coefficient (Wildman–Crippen LogP) is 15.3. The van der Waals surface area contributed by atoms with Gasteiger partial charge in [0.15, 0.2) is 0 Å². The van der Waals surface area contributed by atoms with E-state index in [1.165, 1.54) is 110 Å².